The Labute approximate surface area is 218 Å². The lowest BCUT2D eigenvalue weighted by Gasteiger charge is -2.47. The van der Waals surface area contributed by atoms with Crippen LogP contribution in [0, 0.1) is 11.8 Å². The predicted octanol–water partition coefficient (Wildman–Crippen LogP) is 4.42. The van der Waals surface area contributed by atoms with Crippen LogP contribution in [0.3, 0.4) is 0 Å². The number of hydrogen-bond acceptors (Lipinski definition) is 8. The van der Waals surface area contributed by atoms with Gasteiger partial charge in [-0.3, -0.25) is 4.79 Å². The molecule has 0 aromatic carbocycles. The van der Waals surface area contributed by atoms with Crippen molar-refractivity contribution in [2.45, 2.75) is 122 Å². The largest absolute Gasteiger partial charge is 0.469 e. The van der Waals surface area contributed by atoms with E-state index in [1.165, 1.54) is 7.11 Å². The molecule has 8 heteroatoms. The van der Waals surface area contributed by atoms with E-state index in [2.05, 4.69) is 27.4 Å². The fourth-order valence-electron chi connectivity index (χ4n) is 4.98. The van der Waals surface area contributed by atoms with E-state index in [0.29, 0.717) is 26.2 Å². The molecule has 2 fully saturated rings. The van der Waals surface area contributed by atoms with Gasteiger partial charge in [0.05, 0.1) is 31.3 Å². The minimum Gasteiger partial charge on any atom is -0.469 e. The summed E-state index contributed by atoms with van der Waals surface area (Å²) in [6.07, 6.45) is 4.78. The Morgan fingerprint density at radius 1 is 0.917 bits per heavy atom. The molecule has 0 aromatic rings. The summed E-state index contributed by atoms with van der Waals surface area (Å²) in [6.45, 7) is 14.1. The number of methoxy groups -OCH3 is 1. The van der Waals surface area contributed by atoms with E-state index in [0.717, 1.165) is 38.5 Å². The number of esters is 1. The fraction of sp³-hybridized carbons (Fsp3) is 0.893. The molecule has 2 rings (SSSR count). The third kappa shape index (κ3) is 8.77. The van der Waals surface area contributed by atoms with Crippen LogP contribution in [0.15, 0.2) is 12.7 Å². The van der Waals surface area contributed by atoms with Crippen molar-refractivity contribution in [2.75, 3.05) is 26.9 Å². The second-order valence-corrected chi connectivity index (χ2v) is 10.0. The van der Waals surface area contributed by atoms with E-state index in [1.807, 2.05) is 6.92 Å². The first-order valence-electron chi connectivity index (χ1n) is 14.0. The second kappa shape index (κ2) is 16.7. The quantitative estimate of drug-likeness (QED) is 0.184. The Morgan fingerprint density at radius 2 is 1.47 bits per heavy atom. The fourth-order valence-corrected chi connectivity index (χ4v) is 4.98. The van der Waals surface area contributed by atoms with Gasteiger partial charge in [-0.05, 0) is 39.0 Å². The highest BCUT2D eigenvalue weighted by Gasteiger charge is 2.50. The highest BCUT2D eigenvalue weighted by Crippen LogP contribution is 2.37. The molecule has 1 aliphatic carbocycles. The molecule has 1 N–H and O–H groups in total. The minimum atomic E-state index is -0.862. The van der Waals surface area contributed by atoms with Crippen molar-refractivity contribution in [3.8, 4) is 0 Å². The van der Waals surface area contributed by atoms with Gasteiger partial charge in [0.25, 0.3) is 0 Å². The van der Waals surface area contributed by atoms with Gasteiger partial charge in [-0.2, -0.15) is 0 Å². The monoisotopic (exact) mass is 514 g/mol. The Balaban J connectivity index is 2.25. The Bertz CT molecular complexity index is 629. The molecule has 2 aliphatic rings. The summed E-state index contributed by atoms with van der Waals surface area (Å²) in [5.74, 6) is -0.942. The topological polar surface area (TPSA) is 92.7 Å². The van der Waals surface area contributed by atoms with E-state index >= 15 is 0 Å². The number of carbonyl (C=O) groups is 1. The molecule has 36 heavy (non-hydrogen) atoms. The van der Waals surface area contributed by atoms with Crippen LogP contribution >= 0.6 is 0 Å². The van der Waals surface area contributed by atoms with Crippen molar-refractivity contribution < 1.29 is 38.3 Å². The predicted molar refractivity (Wildman–Crippen MR) is 138 cm³/mol. The van der Waals surface area contributed by atoms with Crippen molar-refractivity contribution in [1.82, 2.24) is 0 Å². The van der Waals surface area contributed by atoms with Crippen molar-refractivity contribution >= 4 is 5.97 Å². The lowest BCUT2D eigenvalue weighted by atomic mass is 9.77. The highest BCUT2D eigenvalue weighted by atomic mass is 16.7. The summed E-state index contributed by atoms with van der Waals surface area (Å²) in [4.78, 5) is 12.1. The van der Waals surface area contributed by atoms with Gasteiger partial charge >= 0.3 is 5.97 Å². The van der Waals surface area contributed by atoms with Crippen LogP contribution in [0.4, 0.5) is 0 Å². The third-order valence-corrected chi connectivity index (χ3v) is 7.16. The molecule has 9 atom stereocenters. The normalized spacial score (nSPS) is 34.9. The molecule has 1 heterocycles. The van der Waals surface area contributed by atoms with Gasteiger partial charge in [0.15, 0.2) is 6.29 Å². The first kappa shape index (κ1) is 31.2. The summed E-state index contributed by atoms with van der Waals surface area (Å²) in [7, 11) is 1.37. The van der Waals surface area contributed by atoms with Crippen LogP contribution in [-0.4, -0.2) is 80.9 Å². The molecule has 6 unspecified atom stereocenters. The van der Waals surface area contributed by atoms with Crippen LogP contribution < -0.4 is 0 Å². The van der Waals surface area contributed by atoms with Crippen molar-refractivity contribution in [3.05, 3.63) is 12.7 Å². The van der Waals surface area contributed by atoms with Crippen LogP contribution in [0.5, 0.6) is 0 Å². The SMILES string of the molecule is C=CC1CC(C(=O)OC)C[C@@H](O)C1OC1O[C@@H](C)C(OCCCC)C(OCCCC)[C@@H]1OCCCC. The maximum absolute atomic E-state index is 12.1. The maximum atomic E-state index is 12.1. The number of ether oxygens (including phenoxy) is 6. The van der Waals surface area contributed by atoms with Gasteiger partial charge in [0.2, 0.25) is 0 Å². The molecule has 0 radical (unpaired) electrons. The summed E-state index contributed by atoms with van der Waals surface area (Å²) >= 11 is 0. The Kier molecular flexibility index (Phi) is 14.5. The lowest BCUT2D eigenvalue weighted by Crippen LogP contribution is -2.62. The number of carbonyl (C=O) groups excluding carboxylic acids is 1. The zero-order valence-corrected chi connectivity index (χ0v) is 23.1. The number of hydrogen-bond donors (Lipinski definition) is 1. The summed E-state index contributed by atoms with van der Waals surface area (Å²) < 4.78 is 36.8. The van der Waals surface area contributed by atoms with Crippen molar-refractivity contribution in [1.29, 1.82) is 0 Å². The zero-order valence-electron chi connectivity index (χ0n) is 23.1. The summed E-state index contributed by atoms with van der Waals surface area (Å²) in [5, 5.41) is 11.0. The first-order valence-corrected chi connectivity index (χ1v) is 14.0. The smallest absolute Gasteiger partial charge is 0.308 e. The first-order chi connectivity index (χ1) is 17.4. The average molecular weight is 515 g/mol. The van der Waals surface area contributed by atoms with E-state index in [9.17, 15) is 9.90 Å². The van der Waals surface area contributed by atoms with Crippen LogP contribution in [0.2, 0.25) is 0 Å². The van der Waals surface area contributed by atoms with Crippen LogP contribution in [0.1, 0.15) is 79.1 Å². The molecule has 210 valence electrons. The number of aliphatic hydroxyl groups excluding tert-OH is 1. The Hall–Kier alpha value is -1.03. The summed E-state index contributed by atoms with van der Waals surface area (Å²) in [5.41, 5.74) is 0. The molecule has 1 aliphatic heterocycles. The van der Waals surface area contributed by atoms with Gasteiger partial charge in [-0.15, -0.1) is 6.58 Å². The number of aliphatic hydroxyl groups is 1. The Morgan fingerprint density at radius 3 is 2.00 bits per heavy atom. The zero-order chi connectivity index (χ0) is 26.5. The van der Waals surface area contributed by atoms with E-state index < -0.39 is 30.5 Å². The molecule has 0 bridgehead atoms. The van der Waals surface area contributed by atoms with Gasteiger partial charge in [-0.1, -0.05) is 46.1 Å². The third-order valence-electron chi connectivity index (χ3n) is 7.16. The van der Waals surface area contributed by atoms with Gasteiger partial charge in [0, 0.05) is 25.7 Å². The maximum Gasteiger partial charge on any atom is 0.308 e. The second-order valence-electron chi connectivity index (χ2n) is 10.0. The van der Waals surface area contributed by atoms with Crippen LogP contribution in [-0.2, 0) is 33.2 Å². The minimum absolute atomic E-state index is 0.231. The van der Waals surface area contributed by atoms with Crippen LogP contribution in [0.25, 0.3) is 0 Å². The van der Waals surface area contributed by atoms with Gasteiger partial charge < -0.3 is 33.5 Å². The molecular weight excluding hydrogens is 464 g/mol. The number of unbranched alkanes of at least 4 members (excludes halogenated alkanes) is 3. The van der Waals surface area contributed by atoms with E-state index in [-0.39, 0.29) is 36.6 Å². The standard InChI is InChI=1S/C28H50O8/c1-7-11-14-32-23-19(5)35-28(26(34-16-13-9-3)25(23)33-15-12-8-2)36-24-20(10-4)17-21(18-22(24)29)27(30)31-6/h10,19-26,28-29H,4,7-9,11-18H2,1-3,5-6H3/t19-,20?,21?,22+,23?,24?,25?,26-,28?/m0/s1. The molecular formula is C28H50O8. The molecule has 0 aromatic heterocycles. The highest BCUT2D eigenvalue weighted by molar-refractivity contribution is 5.72. The molecule has 8 nitrogen and oxygen atoms in total. The van der Waals surface area contributed by atoms with Crippen molar-refractivity contribution in [2.24, 2.45) is 11.8 Å². The molecule has 0 spiro atoms. The molecule has 0 amide bonds. The van der Waals surface area contributed by atoms with Crippen molar-refractivity contribution in [3.63, 3.8) is 0 Å². The average Bonchev–Trinajstić information content (AvgIpc) is 2.87. The molecule has 1 saturated heterocycles. The number of rotatable bonds is 16. The van der Waals surface area contributed by atoms with E-state index in [1.54, 1.807) is 6.08 Å². The van der Waals surface area contributed by atoms with Gasteiger partial charge in [0.1, 0.15) is 18.3 Å². The van der Waals surface area contributed by atoms with E-state index in [4.69, 9.17) is 28.4 Å². The summed E-state index contributed by atoms with van der Waals surface area (Å²) in [6, 6.07) is 0. The lowest BCUT2D eigenvalue weighted by molar-refractivity contribution is -0.333. The van der Waals surface area contributed by atoms with Gasteiger partial charge in [-0.25, -0.2) is 0 Å². The molecule has 1 saturated carbocycles.